The minimum absolute atomic E-state index is 0.0183. The number of ether oxygens (including phenoxy) is 1. The highest BCUT2D eigenvalue weighted by Gasteiger charge is 2.10. The number of amides is 1. The molecule has 0 aliphatic heterocycles. The van der Waals surface area contributed by atoms with E-state index in [4.69, 9.17) is 4.74 Å². The molecule has 1 N–H and O–H groups in total. The van der Waals surface area contributed by atoms with Crippen molar-refractivity contribution >= 4 is 11.9 Å². The average Bonchev–Trinajstić information content (AvgIpc) is 2.48. The number of carbonyl (C=O) groups excluding carboxylic acids is 2. The number of hydrogen-bond donors (Lipinski definition) is 1. The lowest BCUT2D eigenvalue weighted by Crippen LogP contribution is -2.26. The number of esters is 1. The molecule has 0 aromatic heterocycles. The fourth-order valence-corrected chi connectivity index (χ4v) is 1.93. The van der Waals surface area contributed by atoms with Gasteiger partial charge in [0.25, 0.3) is 0 Å². The third kappa shape index (κ3) is 7.49. The van der Waals surface area contributed by atoms with Gasteiger partial charge in [-0.25, -0.2) is 0 Å². The number of rotatable bonds is 9. The lowest BCUT2D eigenvalue weighted by Gasteiger charge is -2.14. The summed E-state index contributed by atoms with van der Waals surface area (Å²) >= 11 is 0. The maximum absolute atomic E-state index is 11.8. The van der Waals surface area contributed by atoms with E-state index in [2.05, 4.69) is 5.32 Å². The summed E-state index contributed by atoms with van der Waals surface area (Å²) in [5.41, 5.74) is 1.07. The Morgan fingerprint density at radius 3 is 2.52 bits per heavy atom. The van der Waals surface area contributed by atoms with Crippen LogP contribution in [0.15, 0.2) is 30.3 Å². The number of benzene rings is 1. The zero-order valence-electron chi connectivity index (χ0n) is 12.9. The van der Waals surface area contributed by atoms with Crippen molar-refractivity contribution in [3.63, 3.8) is 0 Å². The van der Waals surface area contributed by atoms with Crippen molar-refractivity contribution in [3.05, 3.63) is 35.9 Å². The van der Waals surface area contributed by atoms with Gasteiger partial charge in [-0.15, -0.1) is 0 Å². The fraction of sp³-hybridized carbons (Fsp3) is 0.529. The smallest absolute Gasteiger partial charge is 0.305 e. The number of hydrogen-bond acceptors (Lipinski definition) is 3. The maximum Gasteiger partial charge on any atom is 0.305 e. The predicted molar refractivity (Wildman–Crippen MR) is 82.7 cm³/mol. The zero-order valence-corrected chi connectivity index (χ0v) is 12.9. The monoisotopic (exact) mass is 291 g/mol. The number of nitrogens with one attached hydrogen (secondary N) is 1. The molecule has 1 aromatic carbocycles. The summed E-state index contributed by atoms with van der Waals surface area (Å²) in [6, 6.07) is 9.79. The summed E-state index contributed by atoms with van der Waals surface area (Å²) in [4.78, 5) is 23.2. The highest BCUT2D eigenvalue weighted by Crippen LogP contribution is 2.11. The molecular weight excluding hydrogens is 266 g/mol. The van der Waals surface area contributed by atoms with Gasteiger partial charge in [0.2, 0.25) is 5.91 Å². The first-order chi connectivity index (χ1) is 10.1. The third-order valence-electron chi connectivity index (χ3n) is 3.22. The number of unbranched alkanes of at least 4 members (excludes halogenated alkanes) is 1. The Hall–Kier alpha value is -1.84. The van der Waals surface area contributed by atoms with Crippen molar-refractivity contribution in [2.75, 3.05) is 6.61 Å². The van der Waals surface area contributed by atoms with Gasteiger partial charge in [0.05, 0.1) is 12.6 Å². The summed E-state index contributed by atoms with van der Waals surface area (Å²) in [5.74, 6) is -0.250. The first-order valence-electron chi connectivity index (χ1n) is 7.63. The standard InChI is InChI=1S/C17H25NO3/c1-3-4-13-21-17(20)12-8-11-16(19)18-14(2)15-9-6-5-7-10-15/h5-7,9-10,14H,3-4,8,11-13H2,1-2H3,(H,18,19). The fourth-order valence-electron chi connectivity index (χ4n) is 1.93. The average molecular weight is 291 g/mol. The second-order valence-corrected chi connectivity index (χ2v) is 5.13. The van der Waals surface area contributed by atoms with E-state index in [0.717, 1.165) is 18.4 Å². The van der Waals surface area contributed by atoms with E-state index < -0.39 is 0 Å². The second kappa shape index (κ2) is 9.97. The van der Waals surface area contributed by atoms with Crippen LogP contribution in [0.4, 0.5) is 0 Å². The molecule has 0 bridgehead atoms. The number of carbonyl (C=O) groups is 2. The second-order valence-electron chi connectivity index (χ2n) is 5.13. The van der Waals surface area contributed by atoms with Crippen molar-refractivity contribution in [2.24, 2.45) is 0 Å². The molecule has 1 atom stereocenters. The molecule has 0 heterocycles. The van der Waals surface area contributed by atoms with Gasteiger partial charge in [-0.3, -0.25) is 9.59 Å². The van der Waals surface area contributed by atoms with Gasteiger partial charge in [-0.1, -0.05) is 43.7 Å². The van der Waals surface area contributed by atoms with Gasteiger partial charge < -0.3 is 10.1 Å². The van der Waals surface area contributed by atoms with Crippen LogP contribution in [0.5, 0.6) is 0 Å². The van der Waals surface area contributed by atoms with Crippen LogP contribution >= 0.6 is 0 Å². The van der Waals surface area contributed by atoms with E-state index in [0.29, 0.717) is 25.9 Å². The Morgan fingerprint density at radius 2 is 1.86 bits per heavy atom. The highest BCUT2D eigenvalue weighted by atomic mass is 16.5. The first-order valence-corrected chi connectivity index (χ1v) is 7.63. The van der Waals surface area contributed by atoms with E-state index in [1.54, 1.807) is 0 Å². The molecule has 4 heteroatoms. The predicted octanol–water partition coefficient (Wildman–Crippen LogP) is 3.38. The van der Waals surface area contributed by atoms with Crippen molar-refractivity contribution in [1.29, 1.82) is 0 Å². The van der Waals surface area contributed by atoms with Crippen LogP contribution in [0.3, 0.4) is 0 Å². The quantitative estimate of drug-likeness (QED) is 0.560. The zero-order chi connectivity index (χ0) is 15.5. The Balaban J connectivity index is 2.18. The van der Waals surface area contributed by atoms with Crippen LogP contribution in [0.1, 0.15) is 57.6 Å². The summed E-state index contributed by atoms with van der Waals surface area (Å²) in [7, 11) is 0. The molecule has 1 aromatic rings. The van der Waals surface area contributed by atoms with Crippen molar-refractivity contribution in [3.8, 4) is 0 Å². The minimum atomic E-state index is -0.215. The molecule has 0 spiro atoms. The van der Waals surface area contributed by atoms with Gasteiger partial charge in [0, 0.05) is 12.8 Å². The van der Waals surface area contributed by atoms with Crippen LogP contribution in [-0.2, 0) is 14.3 Å². The highest BCUT2D eigenvalue weighted by molar-refractivity contribution is 5.77. The van der Waals surface area contributed by atoms with Crippen LogP contribution < -0.4 is 5.32 Å². The molecule has 1 unspecified atom stereocenters. The topological polar surface area (TPSA) is 55.4 Å². The van der Waals surface area contributed by atoms with Crippen LogP contribution in [0.25, 0.3) is 0 Å². The molecule has 0 radical (unpaired) electrons. The minimum Gasteiger partial charge on any atom is -0.466 e. The molecule has 0 aliphatic rings. The lowest BCUT2D eigenvalue weighted by atomic mass is 10.1. The van der Waals surface area contributed by atoms with E-state index >= 15 is 0 Å². The van der Waals surface area contributed by atoms with Gasteiger partial charge in [-0.05, 0) is 25.3 Å². The molecule has 0 fully saturated rings. The van der Waals surface area contributed by atoms with Crippen LogP contribution in [0, 0.1) is 0 Å². The molecule has 116 valence electrons. The summed E-state index contributed by atoms with van der Waals surface area (Å²) in [5, 5.41) is 2.93. The van der Waals surface area contributed by atoms with E-state index in [-0.39, 0.29) is 17.9 Å². The molecule has 21 heavy (non-hydrogen) atoms. The summed E-state index contributed by atoms with van der Waals surface area (Å²) in [6.07, 6.45) is 3.07. The maximum atomic E-state index is 11.8. The third-order valence-corrected chi connectivity index (χ3v) is 3.22. The Labute approximate surface area is 126 Å². The molecule has 1 amide bonds. The molecule has 0 saturated heterocycles. The van der Waals surface area contributed by atoms with Crippen molar-refractivity contribution < 1.29 is 14.3 Å². The lowest BCUT2D eigenvalue weighted by molar-refractivity contribution is -0.143. The van der Waals surface area contributed by atoms with E-state index in [1.807, 2.05) is 44.2 Å². The van der Waals surface area contributed by atoms with Crippen LogP contribution in [0.2, 0.25) is 0 Å². The largest absolute Gasteiger partial charge is 0.466 e. The molecule has 1 rings (SSSR count). The van der Waals surface area contributed by atoms with Crippen LogP contribution in [-0.4, -0.2) is 18.5 Å². The van der Waals surface area contributed by atoms with Crippen molar-refractivity contribution in [1.82, 2.24) is 5.32 Å². The Bertz CT molecular complexity index is 431. The SMILES string of the molecule is CCCCOC(=O)CCCC(=O)NC(C)c1ccccc1. The molecule has 0 aliphatic carbocycles. The first kappa shape index (κ1) is 17.2. The van der Waals surface area contributed by atoms with E-state index in [1.165, 1.54) is 0 Å². The summed E-state index contributed by atoms with van der Waals surface area (Å²) in [6.45, 7) is 4.48. The van der Waals surface area contributed by atoms with Gasteiger partial charge in [0.1, 0.15) is 0 Å². The normalized spacial score (nSPS) is 11.7. The molecular formula is C17H25NO3. The van der Waals surface area contributed by atoms with Gasteiger partial charge in [-0.2, -0.15) is 0 Å². The van der Waals surface area contributed by atoms with E-state index in [9.17, 15) is 9.59 Å². The van der Waals surface area contributed by atoms with Gasteiger partial charge in [0.15, 0.2) is 0 Å². The molecule has 4 nitrogen and oxygen atoms in total. The Morgan fingerprint density at radius 1 is 1.14 bits per heavy atom. The Kier molecular flexibility index (Phi) is 8.17. The van der Waals surface area contributed by atoms with Crippen molar-refractivity contribution in [2.45, 2.75) is 52.0 Å². The summed E-state index contributed by atoms with van der Waals surface area (Å²) < 4.78 is 5.04. The molecule has 0 saturated carbocycles. The van der Waals surface area contributed by atoms with Gasteiger partial charge >= 0.3 is 5.97 Å².